The number of pyridine rings is 1. The van der Waals surface area contributed by atoms with Gasteiger partial charge < -0.3 is 0 Å². The summed E-state index contributed by atoms with van der Waals surface area (Å²) in [6, 6.07) is 5.93. The van der Waals surface area contributed by atoms with Crippen LogP contribution in [-0.4, -0.2) is 20.7 Å². The summed E-state index contributed by atoms with van der Waals surface area (Å²) in [6.07, 6.45) is 2.59. The number of hydrogen-bond acceptors (Lipinski definition) is 3. The number of carbonyl (C=O) groups is 1. The lowest BCUT2D eigenvalue weighted by atomic mass is 9.96. The molecule has 0 aromatic carbocycles. The number of carbonyl (C=O) groups excluding carboxylic acids is 1. The fourth-order valence-corrected chi connectivity index (χ4v) is 3.34. The van der Waals surface area contributed by atoms with Gasteiger partial charge >= 0.3 is 0 Å². The molecular weight excluding hydrogens is 256 g/mol. The predicted molar refractivity (Wildman–Crippen MR) is 80.5 cm³/mol. The van der Waals surface area contributed by atoms with Gasteiger partial charge in [-0.15, -0.1) is 0 Å². The van der Waals surface area contributed by atoms with Gasteiger partial charge in [0.15, 0.2) is 0 Å². The molecular formula is C15H20N2OS. The Kier molecular flexibility index (Phi) is 4.09. The molecule has 4 heteroatoms. The lowest BCUT2D eigenvalue weighted by Gasteiger charge is -2.24. The Balaban J connectivity index is 2.06. The van der Waals surface area contributed by atoms with Crippen LogP contribution in [0.1, 0.15) is 45.7 Å². The van der Waals surface area contributed by atoms with Crippen LogP contribution < -0.4 is 0 Å². The van der Waals surface area contributed by atoms with Crippen molar-refractivity contribution in [3.05, 3.63) is 30.1 Å². The summed E-state index contributed by atoms with van der Waals surface area (Å²) in [4.78, 5) is 20.6. The molecule has 0 aliphatic carbocycles. The third kappa shape index (κ3) is 2.89. The van der Waals surface area contributed by atoms with Gasteiger partial charge in [0.05, 0.1) is 5.04 Å². The summed E-state index contributed by atoms with van der Waals surface area (Å²) >= 11 is 1.62. The van der Waals surface area contributed by atoms with E-state index in [4.69, 9.17) is 0 Å². The van der Waals surface area contributed by atoms with Crippen molar-refractivity contribution in [3.63, 3.8) is 0 Å². The van der Waals surface area contributed by atoms with E-state index >= 15 is 0 Å². The van der Waals surface area contributed by atoms with E-state index in [0.717, 1.165) is 17.2 Å². The fourth-order valence-electron chi connectivity index (χ4n) is 2.02. The molecule has 2 atom stereocenters. The highest BCUT2D eigenvalue weighted by atomic mass is 32.2. The van der Waals surface area contributed by atoms with E-state index in [1.165, 1.54) is 0 Å². The summed E-state index contributed by atoms with van der Waals surface area (Å²) in [5, 5.41) is 0.944. The highest BCUT2D eigenvalue weighted by Crippen LogP contribution is 2.42. The quantitative estimate of drug-likeness (QED) is 0.842. The van der Waals surface area contributed by atoms with Crippen molar-refractivity contribution < 1.29 is 4.79 Å². The molecule has 0 spiro atoms. The molecule has 0 saturated carbocycles. The molecule has 1 aromatic rings. The van der Waals surface area contributed by atoms with Crippen molar-refractivity contribution in [1.29, 1.82) is 0 Å². The zero-order valence-electron chi connectivity index (χ0n) is 11.9. The first-order chi connectivity index (χ1) is 8.93. The van der Waals surface area contributed by atoms with Gasteiger partial charge in [-0.2, -0.15) is 0 Å². The Morgan fingerprint density at radius 2 is 2.05 bits per heavy atom. The van der Waals surface area contributed by atoms with E-state index < -0.39 is 0 Å². The maximum atomic E-state index is 12.0. The zero-order valence-corrected chi connectivity index (χ0v) is 12.7. The van der Waals surface area contributed by atoms with Crippen molar-refractivity contribution in [2.24, 2.45) is 10.9 Å². The lowest BCUT2D eigenvalue weighted by Crippen LogP contribution is -2.33. The highest BCUT2D eigenvalue weighted by Gasteiger charge is 2.43. The average molecular weight is 276 g/mol. The van der Waals surface area contributed by atoms with Crippen LogP contribution in [-0.2, 0) is 4.79 Å². The molecule has 0 bridgehead atoms. The van der Waals surface area contributed by atoms with Crippen LogP contribution in [0.2, 0.25) is 0 Å². The van der Waals surface area contributed by atoms with Gasteiger partial charge in [-0.3, -0.25) is 9.78 Å². The van der Waals surface area contributed by atoms with Crippen molar-refractivity contribution in [1.82, 2.24) is 4.98 Å². The molecule has 19 heavy (non-hydrogen) atoms. The second kappa shape index (κ2) is 5.45. The van der Waals surface area contributed by atoms with Crippen LogP contribution in [0.3, 0.4) is 0 Å². The van der Waals surface area contributed by atoms with E-state index in [1.54, 1.807) is 18.0 Å². The van der Waals surface area contributed by atoms with E-state index in [-0.39, 0.29) is 22.5 Å². The molecule has 0 radical (unpaired) electrons. The van der Waals surface area contributed by atoms with Gasteiger partial charge in [0.25, 0.3) is 5.91 Å². The molecule has 3 nitrogen and oxygen atoms in total. The van der Waals surface area contributed by atoms with Crippen molar-refractivity contribution in [2.45, 2.75) is 44.8 Å². The number of rotatable bonds is 4. The minimum absolute atomic E-state index is 0.00993. The standard InChI is InChI=1S/C15H20N2OS/c1-10(2)15(4)14(18)17-13(19-15)9-11(3)12-7-5-6-8-16-12/h5-8,10-11H,9H2,1-4H3/t11-,15+/m1/s1. The van der Waals surface area contributed by atoms with Crippen molar-refractivity contribution in [3.8, 4) is 0 Å². The molecule has 0 fully saturated rings. The first-order valence-electron chi connectivity index (χ1n) is 6.65. The smallest absolute Gasteiger partial charge is 0.263 e. The number of hydrogen-bond donors (Lipinski definition) is 0. The topological polar surface area (TPSA) is 42.3 Å². The summed E-state index contributed by atoms with van der Waals surface area (Å²) in [7, 11) is 0. The van der Waals surface area contributed by atoms with Crippen LogP contribution in [0.15, 0.2) is 29.4 Å². The summed E-state index contributed by atoms with van der Waals surface area (Å²) < 4.78 is -0.390. The molecule has 0 N–H and O–H groups in total. The first-order valence-corrected chi connectivity index (χ1v) is 7.47. The number of aliphatic imine (C=N–C) groups is 1. The lowest BCUT2D eigenvalue weighted by molar-refractivity contribution is -0.120. The molecule has 2 heterocycles. The zero-order chi connectivity index (χ0) is 14.0. The number of thioether (sulfide) groups is 1. The monoisotopic (exact) mass is 276 g/mol. The van der Waals surface area contributed by atoms with Crippen LogP contribution in [0.25, 0.3) is 0 Å². The van der Waals surface area contributed by atoms with Crippen LogP contribution in [0.5, 0.6) is 0 Å². The molecule has 1 aliphatic heterocycles. The summed E-state index contributed by atoms with van der Waals surface area (Å²) in [5.74, 6) is 0.585. The molecule has 2 rings (SSSR count). The van der Waals surface area contributed by atoms with Crippen LogP contribution >= 0.6 is 11.8 Å². The largest absolute Gasteiger partial charge is 0.271 e. The molecule has 1 amide bonds. The normalized spacial score (nSPS) is 24.7. The summed E-state index contributed by atoms with van der Waals surface area (Å²) in [6.45, 7) is 8.27. The maximum Gasteiger partial charge on any atom is 0.263 e. The molecule has 1 aliphatic rings. The van der Waals surface area contributed by atoms with Gasteiger partial charge in [0.1, 0.15) is 4.75 Å². The molecule has 1 aromatic heterocycles. The van der Waals surface area contributed by atoms with Crippen molar-refractivity contribution >= 4 is 22.7 Å². The summed E-state index contributed by atoms with van der Waals surface area (Å²) in [5.41, 5.74) is 1.05. The Morgan fingerprint density at radius 1 is 1.32 bits per heavy atom. The fraction of sp³-hybridized carbons (Fsp3) is 0.533. The number of nitrogens with zero attached hydrogens (tertiary/aromatic N) is 2. The molecule has 0 saturated heterocycles. The number of amides is 1. The Morgan fingerprint density at radius 3 is 2.58 bits per heavy atom. The Bertz CT molecular complexity index is 498. The van der Waals surface area contributed by atoms with E-state index in [0.29, 0.717) is 0 Å². The average Bonchev–Trinajstić information content (AvgIpc) is 2.67. The Hall–Kier alpha value is -1.16. The van der Waals surface area contributed by atoms with E-state index in [1.807, 2.05) is 25.1 Å². The third-order valence-electron chi connectivity index (χ3n) is 3.76. The molecule has 102 valence electrons. The second-order valence-corrected chi connectivity index (χ2v) is 7.06. The van der Waals surface area contributed by atoms with Crippen LogP contribution in [0, 0.1) is 5.92 Å². The maximum absolute atomic E-state index is 12.0. The van der Waals surface area contributed by atoms with Crippen LogP contribution in [0.4, 0.5) is 0 Å². The van der Waals surface area contributed by atoms with Gasteiger partial charge in [-0.05, 0) is 25.0 Å². The minimum Gasteiger partial charge on any atom is -0.271 e. The van der Waals surface area contributed by atoms with Gasteiger partial charge in [-0.1, -0.05) is 38.6 Å². The van der Waals surface area contributed by atoms with E-state index in [9.17, 15) is 4.79 Å². The van der Waals surface area contributed by atoms with Gasteiger partial charge in [-0.25, -0.2) is 4.99 Å². The van der Waals surface area contributed by atoms with E-state index in [2.05, 4.69) is 30.7 Å². The SMILES string of the molecule is CC(C)[C@]1(C)SC(C[C@@H](C)c2ccccn2)=NC1=O. The first kappa shape index (κ1) is 14.3. The Labute approximate surface area is 118 Å². The molecule has 0 unspecified atom stereocenters. The minimum atomic E-state index is -0.390. The van der Waals surface area contributed by atoms with Gasteiger partial charge in [0.2, 0.25) is 0 Å². The highest BCUT2D eigenvalue weighted by molar-refractivity contribution is 8.16. The van der Waals surface area contributed by atoms with Crippen molar-refractivity contribution in [2.75, 3.05) is 0 Å². The van der Waals surface area contributed by atoms with Gasteiger partial charge in [0, 0.05) is 24.2 Å². The predicted octanol–water partition coefficient (Wildman–Crippen LogP) is 3.66. The second-order valence-electron chi connectivity index (χ2n) is 5.53. The number of aromatic nitrogens is 1. The third-order valence-corrected chi connectivity index (χ3v) is 5.32.